The average molecular weight is 474 g/mol. The third kappa shape index (κ3) is 2.69. The zero-order valence-corrected chi connectivity index (χ0v) is 17.0. The van der Waals surface area contributed by atoms with Crippen molar-refractivity contribution in [3.63, 3.8) is 0 Å². The van der Waals surface area contributed by atoms with Gasteiger partial charge in [-0.2, -0.15) is 5.10 Å². The van der Waals surface area contributed by atoms with Crippen LogP contribution < -0.4 is 11.3 Å². The van der Waals surface area contributed by atoms with Gasteiger partial charge in [0, 0.05) is 11.7 Å². The van der Waals surface area contributed by atoms with E-state index >= 15 is 0 Å². The molecular weight excluding hydrogens is 455 g/mol. The predicted octanol–water partition coefficient (Wildman–Crippen LogP) is 2.55. The summed E-state index contributed by atoms with van der Waals surface area (Å²) in [5.41, 5.74) is 8.16. The first kappa shape index (κ1) is 16.9. The zero-order chi connectivity index (χ0) is 18.7. The molecule has 2 aliphatic heterocycles. The van der Waals surface area contributed by atoms with Gasteiger partial charge in [0.25, 0.3) is 5.56 Å². The van der Waals surface area contributed by atoms with Crippen molar-refractivity contribution in [3.8, 4) is 0 Å². The molecule has 138 valence electrons. The highest BCUT2D eigenvalue weighted by Gasteiger charge is 2.40. The number of benzene rings is 1. The predicted molar refractivity (Wildman–Crippen MR) is 116 cm³/mol. The molecule has 0 saturated heterocycles. The second kappa shape index (κ2) is 6.15. The van der Waals surface area contributed by atoms with Crippen molar-refractivity contribution in [2.75, 3.05) is 0 Å². The lowest BCUT2D eigenvalue weighted by Gasteiger charge is -2.27. The number of pyridine rings is 1. The van der Waals surface area contributed by atoms with Gasteiger partial charge in [-0.1, -0.05) is 18.2 Å². The molecule has 1 fully saturated rings. The molecule has 1 saturated carbocycles. The van der Waals surface area contributed by atoms with E-state index in [1.807, 2.05) is 34.7 Å². The summed E-state index contributed by atoms with van der Waals surface area (Å²) in [5, 5.41) is 8.40. The van der Waals surface area contributed by atoms with Gasteiger partial charge in [0.2, 0.25) is 0 Å². The number of nitrogens with zero attached hydrogens (tertiary/aromatic N) is 5. The molecule has 2 aromatic rings. The maximum absolute atomic E-state index is 13.3. The first-order valence-electron chi connectivity index (χ1n) is 9.04. The minimum absolute atomic E-state index is 0.0978. The molecule has 3 heterocycles. The Kier molecular flexibility index (Phi) is 3.85. The third-order valence-corrected chi connectivity index (χ3v) is 6.32. The van der Waals surface area contributed by atoms with Gasteiger partial charge >= 0.3 is 0 Å². The molecule has 1 aromatic heterocycles. The van der Waals surface area contributed by atoms with Crippen LogP contribution in [-0.2, 0) is 6.54 Å². The van der Waals surface area contributed by atoms with Crippen molar-refractivity contribution in [2.24, 2.45) is 26.7 Å². The Morgan fingerprint density at radius 2 is 2.15 bits per heavy atom. The van der Waals surface area contributed by atoms with Gasteiger partial charge < -0.3 is 10.3 Å². The van der Waals surface area contributed by atoms with Crippen LogP contribution in [0.1, 0.15) is 30.1 Å². The lowest BCUT2D eigenvalue weighted by molar-refractivity contribution is 0.208. The number of aromatic nitrogens is 1. The summed E-state index contributed by atoms with van der Waals surface area (Å²) in [6.07, 6.45) is 3.42. The van der Waals surface area contributed by atoms with Gasteiger partial charge in [-0.3, -0.25) is 9.80 Å². The number of halogens is 1. The molecular formula is C19H19IN6O. The largest absolute Gasteiger partial charge is 0.386 e. The molecule has 2 unspecified atom stereocenters. The molecule has 8 heteroatoms. The van der Waals surface area contributed by atoms with Crippen LogP contribution in [-0.4, -0.2) is 31.6 Å². The van der Waals surface area contributed by atoms with Gasteiger partial charge in [-0.15, -0.1) is 0 Å². The van der Waals surface area contributed by atoms with Gasteiger partial charge in [-0.25, -0.2) is 9.98 Å². The third-order valence-electron chi connectivity index (χ3n) is 5.43. The molecule has 0 spiro atoms. The van der Waals surface area contributed by atoms with E-state index in [1.54, 1.807) is 0 Å². The Morgan fingerprint density at radius 1 is 1.33 bits per heavy atom. The summed E-state index contributed by atoms with van der Waals surface area (Å²) < 4.78 is 2.85. The number of aliphatic imine (C=N–C) groups is 2. The van der Waals surface area contributed by atoms with E-state index in [9.17, 15) is 4.79 Å². The van der Waals surface area contributed by atoms with Crippen LogP contribution in [0.15, 0.2) is 44.1 Å². The molecule has 5 rings (SSSR count). The molecule has 0 radical (unpaired) electrons. The zero-order valence-electron chi connectivity index (χ0n) is 14.8. The van der Waals surface area contributed by atoms with Crippen LogP contribution in [0.2, 0.25) is 0 Å². The number of fused-ring (bicyclic) bond motifs is 2. The summed E-state index contributed by atoms with van der Waals surface area (Å²) in [6, 6.07) is 8.42. The maximum Gasteiger partial charge on any atom is 0.259 e. The van der Waals surface area contributed by atoms with E-state index < -0.39 is 0 Å². The fourth-order valence-corrected chi connectivity index (χ4v) is 4.90. The van der Waals surface area contributed by atoms with Gasteiger partial charge in [0.15, 0.2) is 6.17 Å². The molecule has 0 amide bonds. The summed E-state index contributed by atoms with van der Waals surface area (Å²) >= 11 is 2.20. The van der Waals surface area contributed by atoms with Crippen LogP contribution in [0.5, 0.6) is 0 Å². The first-order valence-corrected chi connectivity index (χ1v) is 10.1. The van der Waals surface area contributed by atoms with Crippen LogP contribution in [0, 0.1) is 12.8 Å². The summed E-state index contributed by atoms with van der Waals surface area (Å²) in [6.45, 7) is 2.52. The van der Waals surface area contributed by atoms with E-state index in [-0.39, 0.29) is 17.6 Å². The highest BCUT2D eigenvalue weighted by molar-refractivity contribution is 14.1. The first-order chi connectivity index (χ1) is 13.0. The van der Waals surface area contributed by atoms with Gasteiger partial charge in [-0.05, 0) is 59.4 Å². The monoisotopic (exact) mass is 474 g/mol. The molecule has 1 aromatic carbocycles. The van der Waals surface area contributed by atoms with Crippen molar-refractivity contribution in [2.45, 2.75) is 38.5 Å². The Labute approximate surface area is 169 Å². The lowest BCUT2D eigenvalue weighted by Crippen LogP contribution is -2.41. The van der Waals surface area contributed by atoms with Crippen molar-refractivity contribution in [3.05, 3.63) is 45.9 Å². The van der Waals surface area contributed by atoms with E-state index in [0.717, 1.165) is 38.6 Å². The van der Waals surface area contributed by atoms with Crippen molar-refractivity contribution in [1.29, 1.82) is 0 Å². The number of hydrogen-bond acceptors (Lipinski definition) is 6. The number of amidine groups is 1. The quantitative estimate of drug-likeness (QED) is 0.694. The minimum Gasteiger partial charge on any atom is -0.386 e. The molecule has 2 N–H and O–H groups in total. The molecule has 27 heavy (non-hydrogen) atoms. The van der Waals surface area contributed by atoms with Crippen molar-refractivity contribution < 1.29 is 0 Å². The molecule has 2 atom stereocenters. The van der Waals surface area contributed by atoms with E-state index in [2.05, 4.69) is 43.7 Å². The van der Waals surface area contributed by atoms with Gasteiger partial charge in [0.1, 0.15) is 21.8 Å². The van der Waals surface area contributed by atoms with Crippen LogP contribution in [0.25, 0.3) is 10.8 Å². The average Bonchev–Trinajstić information content (AvgIpc) is 3.40. The topological polar surface area (TPSA) is 88.3 Å². The minimum atomic E-state index is -0.189. The molecule has 1 aliphatic carbocycles. The van der Waals surface area contributed by atoms with Crippen molar-refractivity contribution in [1.82, 2.24) is 9.58 Å². The Balaban J connectivity index is 1.60. The van der Waals surface area contributed by atoms with Crippen LogP contribution in [0.4, 0.5) is 0 Å². The summed E-state index contributed by atoms with van der Waals surface area (Å²) in [4.78, 5) is 21.9. The normalized spacial score (nSPS) is 24.1. The fraction of sp³-hybridized carbons (Fsp3) is 0.368. The lowest BCUT2D eigenvalue weighted by atomic mass is 10.1. The highest BCUT2D eigenvalue weighted by atomic mass is 127. The Hall–Kier alpha value is -2.23. The smallest absolute Gasteiger partial charge is 0.259 e. The molecule has 7 nitrogen and oxygen atoms in total. The number of hydrazone groups is 1. The van der Waals surface area contributed by atoms with Gasteiger partial charge in [0.05, 0.1) is 11.9 Å². The molecule has 3 aliphatic rings. The highest BCUT2D eigenvalue weighted by Crippen LogP contribution is 2.37. The number of hydrogen-bond donors (Lipinski definition) is 1. The van der Waals surface area contributed by atoms with Crippen LogP contribution >= 0.6 is 22.6 Å². The fourth-order valence-electron chi connectivity index (χ4n) is 3.98. The van der Waals surface area contributed by atoms with E-state index in [1.165, 1.54) is 6.34 Å². The second-order valence-corrected chi connectivity index (χ2v) is 8.42. The number of rotatable bonds is 3. The molecule has 0 bridgehead atoms. The van der Waals surface area contributed by atoms with Crippen molar-refractivity contribution >= 4 is 49.3 Å². The number of aryl methyl sites for hydroxylation is 1. The van der Waals surface area contributed by atoms with E-state index in [0.29, 0.717) is 18.4 Å². The standard InChI is InChI=1S/C19H19IN6O/c1-10-3-2-4-11-7-13(26(12-5-6-12)19(27)14(10)11)8-25-18-15(16(20)24-25)17(21)22-9-23-18/h2-4,7,9,12,15,18H,5-6,8H2,1H3,(H2,21,22,23). The Morgan fingerprint density at radius 3 is 2.93 bits per heavy atom. The van der Waals surface area contributed by atoms with Crippen LogP contribution in [0.3, 0.4) is 0 Å². The second-order valence-electron chi connectivity index (χ2n) is 7.31. The maximum atomic E-state index is 13.3. The van der Waals surface area contributed by atoms with E-state index in [4.69, 9.17) is 5.73 Å². The SMILES string of the molecule is Cc1cccc2cc(CN3N=C(I)C4C(N)=NC=NC43)n(C3CC3)c(=O)c12. The number of nitrogens with two attached hydrogens (primary N) is 1. The Bertz CT molecular complexity index is 1100. The summed E-state index contributed by atoms with van der Waals surface area (Å²) in [7, 11) is 0. The summed E-state index contributed by atoms with van der Waals surface area (Å²) in [5.74, 6) is 0.443.